The van der Waals surface area contributed by atoms with Gasteiger partial charge >= 0.3 is 17.9 Å². The first-order valence-corrected chi connectivity index (χ1v) is 35.3. The van der Waals surface area contributed by atoms with Crippen molar-refractivity contribution in [3.8, 4) is 0 Å². The Bertz CT molecular complexity index is 1260. The molecular formula is C72H136O6. The van der Waals surface area contributed by atoms with Crippen molar-refractivity contribution in [2.75, 3.05) is 13.2 Å². The van der Waals surface area contributed by atoms with Gasteiger partial charge in [0, 0.05) is 19.3 Å². The third kappa shape index (κ3) is 64.7. The molecule has 0 aliphatic carbocycles. The molecule has 0 aromatic carbocycles. The second-order valence-electron chi connectivity index (χ2n) is 24.1. The van der Waals surface area contributed by atoms with Gasteiger partial charge < -0.3 is 14.2 Å². The minimum Gasteiger partial charge on any atom is -0.462 e. The first kappa shape index (κ1) is 75.9. The van der Waals surface area contributed by atoms with Crippen molar-refractivity contribution in [1.29, 1.82) is 0 Å². The first-order chi connectivity index (χ1) is 38.5. The predicted molar refractivity (Wildman–Crippen MR) is 340 cm³/mol. The molecule has 0 amide bonds. The molecule has 0 aliphatic heterocycles. The summed E-state index contributed by atoms with van der Waals surface area (Å²) < 4.78 is 17.0. The van der Waals surface area contributed by atoms with Gasteiger partial charge in [-0.3, -0.25) is 14.4 Å². The highest BCUT2D eigenvalue weighted by atomic mass is 16.6. The summed E-state index contributed by atoms with van der Waals surface area (Å²) in [6.07, 6.45) is 82.2. The Kier molecular flexibility index (Phi) is 65.6. The van der Waals surface area contributed by atoms with E-state index in [2.05, 4.69) is 45.1 Å². The summed E-state index contributed by atoms with van der Waals surface area (Å²) in [5.41, 5.74) is 0. The lowest BCUT2D eigenvalue weighted by Crippen LogP contribution is -2.30. The Balaban J connectivity index is 4.15. The summed E-state index contributed by atoms with van der Waals surface area (Å²) in [6.45, 7) is 6.69. The van der Waals surface area contributed by atoms with Crippen LogP contribution in [0.25, 0.3) is 0 Å². The van der Waals surface area contributed by atoms with Crippen LogP contribution in [0.1, 0.15) is 400 Å². The summed E-state index contributed by atoms with van der Waals surface area (Å²) in [7, 11) is 0. The van der Waals surface area contributed by atoms with Crippen molar-refractivity contribution < 1.29 is 28.6 Å². The lowest BCUT2D eigenvalue weighted by atomic mass is 10.0. The molecule has 0 aliphatic rings. The van der Waals surface area contributed by atoms with Gasteiger partial charge in [-0.2, -0.15) is 0 Å². The topological polar surface area (TPSA) is 78.9 Å². The van der Waals surface area contributed by atoms with E-state index in [1.165, 1.54) is 289 Å². The largest absolute Gasteiger partial charge is 0.462 e. The maximum Gasteiger partial charge on any atom is 0.306 e. The molecule has 0 aromatic heterocycles. The van der Waals surface area contributed by atoms with Crippen molar-refractivity contribution >= 4 is 17.9 Å². The van der Waals surface area contributed by atoms with E-state index in [0.29, 0.717) is 19.3 Å². The number of ether oxygens (including phenoxy) is 3. The van der Waals surface area contributed by atoms with Crippen LogP contribution in [0.2, 0.25) is 0 Å². The van der Waals surface area contributed by atoms with Gasteiger partial charge in [0.2, 0.25) is 0 Å². The average Bonchev–Trinajstić information content (AvgIpc) is 3.44. The molecule has 1 unspecified atom stereocenters. The second kappa shape index (κ2) is 67.4. The number of carbonyl (C=O) groups is 3. The van der Waals surface area contributed by atoms with Crippen LogP contribution in [-0.4, -0.2) is 37.2 Å². The Morgan fingerprint density at radius 1 is 0.244 bits per heavy atom. The Morgan fingerprint density at radius 3 is 0.641 bits per heavy atom. The summed E-state index contributed by atoms with van der Waals surface area (Å²) >= 11 is 0. The van der Waals surface area contributed by atoms with Gasteiger partial charge in [-0.25, -0.2) is 0 Å². The minimum absolute atomic E-state index is 0.0722. The number of carbonyl (C=O) groups excluding carboxylic acids is 3. The summed E-state index contributed by atoms with van der Waals surface area (Å²) in [5.74, 6) is -0.861. The van der Waals surface area contributed by atoms with E-state index < -0.39 is 6.10 Å². The van der Waals surface area contributed by atoms with Crippen LogP contribution in [0.5, 0.6) is 0 Å². The quantitative estimate of drug-likeness (QED) is 0.0261. The minimum atomic E-state index is -0.777. The molecule has 6 nitrogen and oxygen atoms in total. The molecule has 6 heteroatoms. The third-order valence-corrected chi connectivity index (χ3v) is 16.2. The van der Waals surface area contributed by atoms with E-state index in [1.807, 2.05) is 0 Å². The van der Waals surface area contributed by atoms with Gasteiger partial charge in [0.05, 0.1) is 0 Å². The summed E-state index contributed by atoms with van der Waals surface area (Å²) in [6, 6.07) is 0. The molecule has 0 N–H and O–H groups in total. The van der Waals surface area contributed by atoms with Crippen LogP contribution in [0.15, 0.2) is 24.3 Å². The van der Waals surface area contributed by atoms with Gasteiger partial charge in [0.25, 0.3) is 0 Å². The zero-order valence-electron chi connectivity index (χ0n) is 53.0. The molecule has 0 saturated heterocycles. The second-order valence-corrected chi connectivity index (χ2v) is 24.1. The normalized spacial score (nSPS) is 12.1. The van der Waals surface area contributed by atoms with Crippen LogP contribution < -0.4 is 0 Å². The van der Waals surface area contributed by atoms with E-state index in [0.717, 1.165) is 70.6 Å². The van der Waals surface area contributed by atoms with Crippen LogP contribution in [0.3, 0.4) is 0 Å². The fourth-order valence-electron chi connectivity index (χ4n) is 10.8. The SMILES string of the molecule is CCCCCCCC/C=C\CCCCCCCC(=O)OCC(COC(=O)CCCCCCCCCCCCCCCCCCCCCCCCCCCCCCCC)OC(=O)CCCCCCC/C=C\CCCCCCCC. The van der Waals surface area contributed by atoms with Gasteiger partial charge in [0.15, 0.2) is 6.10 Å². The Labute approximate surface area is 487 Å². The first-order valence-electron chi connectivity index (χ1n) is 35.3. The fourth-order valence-corrected chi connectivity index (χ4v) is 10.8. The van der Waals surface area contributed by atoms with E-state index in [4.69, 9.17) is 14.2 Å². The number of esters is 3. The highest BCUT2D eigenvalue weighted by molar-refractivity contribution is 5.71. The molecule has 0 spiro atoms. The van der Waals surface area contributed by atoms with Crippen LogP contribution in [0.4, 0.5) is 0 Å². The molecular weight excluding hydrogens is 961 g/mol. The molecule has 1 atom stereocenters. The Morgan fingerprint density at radius 2 is 0.423 bits per heavy atom. The molecule has 0 bridgehead atoms. The maximum absolute atomic E-state index is 12.9. The molecule has 460 valence electrons. The zero-order valence-corrected chi connectivity index (χ0v) is 53.0. The molecule has 0 aromatic rings. The molecule has 0 fully saturated rings. The van der Waals surface area contributed by atoms with E-state index in [-0.39, 0.29) is 31.1 Å². The number of hydrogen-bond donors (Lipinski definition) is 0. The van der Waals surface area contributed by atoms with Crippen molar-refractivity contribution in [3.05, 3.63) is 24.3 Å². The lowest BCUT2D eigenvalue weighted by Gasteiger charge is -2.18. The standard InChI is InChI=1S/C72H136O6/c1-4-7-10-13-16-19-22-25-28-29-30-31-32-33-34-35-36-37-38-39-40-41-42-45-47-50-53-56-59-62-65-71(74)77-68-69(78-72(75)66-63-60-57-54-51-48-44-27-24-21-18-15-12-9-6-3)67-76-70(73)64-61-58-55-52-49-46-43-26-23-20-17-14-11-8-5-2/h26-27,43-44,69H,4-25,28-42,45-68H2,1-3H3/b43-26-,44-27-. The zero-order chi connectivity index (χ0) is 56.4. The van der Waals surface area contributed by atoms with Crippen molar-refractivity contribution in [1.82, 2.24) is 0 Å². The van der Waals surface area contributed by atoms with E-state index in [9.17, 15) is 14.4 Å². The number of hydrogen-bond acceptors (Lipinski definition) is 6. The number of rotatable bonds is 66. The van der Waals surface area contributed by atoms with Crippen molar-refractivity contribution in [2.24, 2.45) is 0 Å². The monoisotopic (exact) mass is 1100 g/mol. The number of allylic oxidation sites excluding steroid dienone is 4. The smallest absolute Gasteiger partial charge is 0.306 e. The third-order valence-electron chi connectivity index (χ3n) is 16.2. The lowest BCUT2D eigenvalue weighted by molar-refractivity contribution is -0.167. The molecule has 0 radical (unpaired) electrons. The molecule has 78 heavy (non-hydrogen) atoms. The summed E-state index contributed by atoms with van der Waals surface area (Å²) in [5, 5.41) is 0. The summed E-state index contributed by atoms with van der Waals surface area (Å²) in [4.78, 5) is 38.3. The van der Waals surface area contributed by atoms with Gasteiger partial charge in [-0.15, -0.1) is 0 Å². The van der Waals surface area contributed by atoms with Gasteiger partial charge in [0.1, 0.15) is 13.2 Å². The van der Waals surface area contributed by atoms with Gasteiger partial charge in [-0.05, 0) is 70.6 Å². The number of unbranched alkanes of at least 4 members (excludes halogenated alkanes) is 51. The molecule has 0 saturated carbocycles. The molecule has 0 heterocycles. The average molecular weight is 1100 g/mol. The molecule has 0 rings (SSSR count). The van der Waals surface area contributed by atoms with Gasteiger partial charge in [-0.1, -0.05) is 334 Å². The van der Waals surface area contributed by atoms with Crippen LogP contribution in [-0.2, 0) is 28.6 Å². The highest BCUT2D eigenvalue weighted by Gasteiger charge is 2.19. The Hall–Kier alpha value is -2.11. The van der Waals surface area contributed by atoms with Crippen molar-refractivity contribution in [2.45, 2.75) is 406 Å². The van der Waals surface area contributed by atoms with Crippen molar-refractivity contribution in [3.63, 3.8) is 0 Å². The maximum atomic E-state index is 12.9. The fraction of sp³-hybridized carbons (Fsp3) is 0.903. The van der Waals surface area contributed by atoms with Crippen LogP contribution >= 0.6 is 0 Å². The predicted octanol–water partition coefficient (Wildman–Crippen LogP) is 24.2. The van der Waals surface area contributed by atoms with E-state index >= 15 is 0 Å². The van der Waals surface area contributed by atoms with Crippen LogP contribution in [0, 0.1) is 0 Å². The highest BCUT2D eigenvalue weighted by Crippen LogP contribution is 2.19. The van der Waals surface area contributed by atoms with E-state index in [1.54, 1.807) is 0 Å².